The Balaban J connectivity index is 1.03. The van der Waals surface area contributed by atoms with Gasteiger partial charge in [0, 0.05) is 83.6 Å². The highest BCUT2D eigenvalue weighted by molar-refractivity contribution is 7.99. The molecule has 3 N–H and O–H groups in total. The highest BCUT2D eigenvalue weighted by Crippen LogP contribution is 2.45. The number of hydrogen-bond donors (Lipinski definition) is 3. The van der Waals surface area contributed by atoms with Crippen molar-refractivity contribution < 1.29 is 36.4 Å². The summed E-state index contributed by atoms with van der Waals surface area (Å²) in [6.45, 7) is 2.85. The molecule has 1 atom stereocenters. The Bertz CT molecular complexity index is 2800. The van der Waals surface area contributed by atoms with Crippen LogP contribution in [-0.2, 0) is 23.2 Å². The molecule has 1 fully saturated rings. The molecule has 0 radical (unpaired) electrons. The number of piperazine rings is 1. The zero-order valence-electron chi connectivity index (χ0n) is 36.1. The summed E-state index contributed by atoms with van der Waals surface area (Å²) in [5.41, 5.74) is 0.223. The van der Waals surface area contributed by atoms with Gasteiger partial charge in [-0.1, -0.05) is 54.1 Å². The van der Waals surface area contributed by atoms with Gasteiger partial charge in [-0.05, 0) is 111 Å². The average molecular weight is 963 g/mol. The summed E-state index contributed by atoms with van der Waals surface area (Å²) in [5.74, 6) is -1.07. The van der Waals surface area contributed by atoms with E-state index in [1.165, 1.54) is 31.3 Å². The second-order valence-electron chi connectivity index (χ2n) is 16.0. The van der Waals surface area contributed by atoms with Crippen molar-refractivity contribution in [1.29, 1.82) is 0 Å². The number of hydrogen-bond acceptors (Lipinski definition) is 10. The molecule has 19 heteroatoms. The lowest BCUT2D eigenvalue weighted by atomic mass is 9.96. The van der Waals surface area contributed by atoms with Crippen LogP contribution in [0.5, 0.6) is 0 Å². The first-order chi connectivity index (χ1) is 31.4. The molecule has 0 amide bonds. The molecule has 1 saturated heterocycles. The van der Waals surface area contributed by atoms with Crippen molar-refractivity contribution in [3.05, 3.63) is 148 Å². The van der Waals surface area contributed by atoms with Gasteiger partial charge >= 0.3 is 12.1 Å². The van der Waals surface area contributed by atoms with E-state index in [0.29, 0.717) is 60.2 Å². The Morgan fingerprint density at radius 2 is 1.53 bits per heavy atom. The molecule has 6 aromatic rings. The monoisotopic (exact) mass is 961 g/mol. The quantitative estimate of drug-likeness (QED) is 0.0455. The first-order valence-electron chi connectivity index (χ1n) is 20.8. The van der Waals surface area contributed by atoms with Gasteiger partial charge in [0.2, 0.25) is 0 Å². The summed E-state index contributed by atoms with van der Waals surface area (Å²) in [4.78, 5) is 31.2. The minimum absolute atomic E-state index is 0.0585. The van der Waals surface area contributed by atoms with E-state index in [0.717, 1.165) is 27.8 Å². The van der Waals surface area contributed by atoms with Gasteiger partial charge in [-0.15, -0.1) is 11.8 Å². The van der Waals surface area contributed by atoms with Crippen LogP contribution in [0.25, 0.3) is 22.4 Å². The molecule has 0 spiro atoms. The van der Waals surface area contributed by atoms with Crippen LogP contribution in [0.4, 0.5) is 41.6 Å². The van der Waals surface area contributed by atoms with Gasteiger partial charge in [0.25, 0.3) is 15.7 Å². The minimum atomic E-state index is -4.95. The molecule has 1 aliphatic rings. The molecule has 13 nitrogen and oxygen atoms in total. The van der Waals surface area contributed by atoms with Crippen molar-refractivity contribution in [1.82, 2.24) is 9.47 Å². The lowest BCUT2D eigenvalue weighted by Crippen LogP contribution is -2.46. The Hall–Kier alpha value is -6.21. The number of carboxylic acid groups (broad SMARTS) is 1. The van der Waals surface area contributed by atoms with Crippen molar-refractivity contribution in [3.63, 3.8) is 0 Å². The summed E-state index contributed by atoms with van der Waals surface area (Å²) in [6, 6.07) is 33.3. The molecule has 5 aromatic carbocycles. The van der Waals surface area contributed by atoms with Crippen LogP contribution in [0.15, 0.2) is 131 Å². The molecule has 1 aromatic heterocycles. The number of thioether (sulfide) groups is 1. The van der Waals surface area contributed by atoms with E-state index in [1.54, 1.807) is 66.4 Å². The number of carbonyl (C=O) groups is 1. The first-order valence-corrected chi connectivity index (χ1v) is 23.6. The maximum Gasteiger partial charge on any atom is 0.432 e. The zero-order valence-corrected chi connectivity index (χ0v) is 38.5. The van der Waals surface area contributed by atoms with E-state index in [-0.39, 0.29) is 39.3 Å². The number of nitro benzene ring substituents is 1. The van der Waals surface area contributed by atoms with Gasteiger partial charge in [-0.2, -0.15) is 13.2 Å². The SMILES string of the molecule is CN(C)CC[C@H](CSc1ccccc1)Nc1ccc(S(=O)(=O)Nc2ccc(N3CCN(c4cccc(-c5c(C(=O)O)c(C(F)(F)F)n(C)c5-c5ccc(Cl)cc5)c4)CC3)cc2)cc1[N+](=O)[O-]. The summed E-state index contributed by atoms with van der Waals surface area (Å²) in [7, 11) is 0.879. The van der Waals surface area contributed by atoms with Crippen LogP contribution < -0.4 is 19.8 Å². The van der Waals surface area contributed by atoms with Crippen LogP contribution in [-0.4, -0.2) is 92.5 Å². The molecular formula is C47H47ClF3N7O6S2. The summed E-state index contributed by atoms with van der Waals surface area (Å²) in [5, 5.41) is 26.1. The van der Waals surface area contributed by atoms with Crippen LogP contribution in [0.2, 0.25) is 5.02 Å². The fourth-order valence-corrected chi connectivity index (χ4v) is 10.2. The van der Waals surface area contributed by atoms with Crippen LogP contribution in [0.3, 0.4) is 0 Å². The smallest absolute Gasteiger partial charge is 0.432 e. The van der Waals surface area contributed by atoms with Gasteiger partial charge in [-0.25, -0.2) is 13.2 Å². The number of rotatable bonds is 17. The molecule has 2 heterocycles. The Kier molecular flexibility index (Phi) is 14.6. The molecule has 0 bridgehead atoms. The number of carboxylic acids is 1. The fourth-order valence-electron chi connectivity index (χ4n) is 7.98. The largest absolute Gasteiger partial charge is 0.478 e. The normalized spacial score (nSPS) is 13.8. The number of nitro groups is 1. The maximum atomic E-state index is 14.5. The molecule has 346 valence electrons. The van der Waals surface area contributed by atoms with Crippen molar-refractivity contribution in [3.8, 4) is 22.4 Å². The number of nitrogens with zero attached hydrogens (tertiary/aromatic N) is 5. The van der Waals surface area contributed by atoms with E-state index >= 15 is 0 Å². The Labute approximate surface area is 390 Å². The van der Waals surface area contributed by atoms with Gasteiger partial charge in [-0.3, -0.25) is 14.8 Å². The standard InChI is InChI=1S/C47H47ClF3N7O6S2/c1-54(2)23-22-35(30-65-38-10-5-4-6-11-38)52-40-21-20-39(29-41(40)58(61)62)66(63,64)53-34-16-18-36(19-17-34)56-24-26-57(27-25-56)37-9-7-8-32(28-37)42-43(46(59)60)45(47(49,50)51)55(3)44(42)31-12-14-33(48)15-13-31/h4-21,28-29,35,52-53H,22-27,30H2,1-3H3,(H,59,60)/t35-/m1/s1. The van der Waals surface area contributed by atoms with Crippen molar-refractivity contribution in [2.45, 2.75) is 28.4 Å². The topological polar surface area (TPSA) is 153 Å². The van der Waals surface area contributed by atoms with Gasteiger partial charge < -0.3 is 29.7 Å². The number of nitrogens with one attached hydrogen (secondary N) is 2. The number of sulfonamides is 1. The molecular weight excluding hydrogens is 915 g/mol. The minimum Gasteiger partial charge on any atom is -0.478 e. The highest BCUT2D eigenvalue weighted by atomic mass is 35.5. The lowest BCUT2D eigenvalue weighted by Gasteiger charge is -2.37. The Morgan fingerprint density at radius 1 is 0.879 bits per heavy atom. The first kappa shape index (κ1) is 47.7. The van der Waals surface area contributed by atoms with Crippen LogP contribution >= 0.6 is 23.4 Å². The predicted molar refractivity (Wildman–Crippen MR) is 256 cm³/mol. The van der Waals surface area contributed by atoms with Gasteiger partial charge in [0.15, 0.2) is 0 Å². The molecule has 7 rings (SSSR count). The molecule has 1 aliphatic heterocycles. The highest BCUT2D eigenvalue weighted by Gasteiger charge is 2.43. The molecule has 66 heavy (non-hydrogen) atoms. The molecule has 0 aliphatic carbocycles. The summed E-state index contributed by atoms with van der Waals surface area (Å²) >= 11 is 7.71. The summed E-state index contributed by atoms with van der Waals surface area (Å²) in [6.07, 6.45) is -4.26. The predicted octanol–water partition coefficient (Wildman–Crippen LogP) is 10.3. The van der Waals surface area contributed by atoms with Crippen LogP contribution in [0, 0.1) is 10.1 Å². The zero-order chi connectivity index (χ0) is 47.3. The second kappa shape index (κ2) is 20.1. The Morgan fingerprint density at radius 3 is 2.14 bits per heavy atom. The number of benzene rings is 5. The molecule has 0 saturated carbocycles. The number of alkyl halides is 3. The number of anilines is 4. The number of aromatic carboxylic acids is 1. The third kappa shape index (κ3) is 11.1. The van der Waals surface area contributed by atoms with E-state index < -0.39 is 38.3 Å². The molecule has 0 unspecified atom stereocenters. The lowest BCUT2D eigenvalue weighted by molar-refractivity contribution is -0.384. The van der Waals surface area contributed by atoms with Gasteiger partial charge in [0.1, 0.15) is 11.4 Å². The van der Waals surface area contributed by atoms with E-state index in [2.05, 4.69) is 19.8 Å². The van der Waals surface area contributed by atoms with E-state index in [9.17, 15) is 41.6 Å². The second-order valence-corrected chi connectivity index (χ2v) is 19.2. The van der Waals surface area contributed by atoms with E-state index in [4.69, 9.17) is 11.6 Å². The fraction of sp³-hybridized carbons (Fsp3) is 0.255. The number of aromatic nitrogens is 1. The third-order valence-corrected chi connectivity index (χ3v) is 14.0. The van der Waals surface area contributed by atoms with Crippen molar-refractivity contribution in [2.75, 3.05) is 72.4 Å². The third-order valence-electron chi connectivity index (χ3n) is 11.2. The number of halogens is 4. The summed E-state index contributed by atoms with van der Waals surface area (Å²) < 4.78 is 74.0. The van der Waals surface area contributed by atoms with Crippen LogP contribution in [0.1, 0.15) is 22.5 Å². The van der Waals surface area contributed by atoms with Gasteiger partial charge in [0.05, 0.1) is 21.1 Å². The average Bonchev–Trinajstić information content (AvgIpc) is 3.62. The maximum absolute atomic E-state index is 14.5. The van der Waals surface area contributed by atoms with E-state index in [1.807, 2.05) is 55.4 Å². The van der Waals surface area contributed by atoms with Crippen molar-refractivity contribution in [2.24, 2.45) is 7.05 Å². The van der Waals surface area contributed by atoms with Crippen molar-refractivity contribution >= 4 is 67.8 Å².